The minimum Gasteiger partial charge on any atom is -0.398 e. The SMILES string of the molecule is Nc1ccc2nc3c(n2c1)CCCC3. The lowest BCUT2D eigenvalue weighted by atomic mass is 10.0. The minimum atomic E-state index is 0.809. The molecule has 0 fully saturated rings. The molecule has 2 N–H and O–H groups in total. The van der Waals surface area contributed by atoms with Gasteiger partial charge in [-0.3, -0.25) is 0 Å². The number of aryl methyl sites for hydroxylation is 2. The van der Waals surface area contributed by atoms with Gasteiger partial charge in [0.2, 0.25) is 0 Å². The molecule has 0 spiro atoms. The first kappa shape index (κ1) is 7.85. The maximum Gasteiger partial charge on any atom is 0.137 e. The zero-order valence-electron chi connectivity index (χ0n) is 8.03. The Morgan fingerprint density at radius 2 is 2.07 bits per heavy atom. The van der Waals surface area contributed by atoms with Crippen molar-refractivity contribution >= 4 is 11.3 Å². The molecule has 1 aliphatic rings. The molecule has 2 aromatic rings. The van der Waals surface area contributed by atoms with E-state index in [0.717, 1.165) is 24.2 Å². The van der Waals surface area contributed by atoms with Crippen LogP contribution in [0, 0.1) is 0 Å². The molecule has 0 unspecified atom stereocenters. The predicted molar refractivity (Wildman–Crippen MR) is 56.2 cm³/mol. The van der Waals surface area contributed by atoms with Crippen LogP contribution >= 0.6 is 0 Å². The van der Waals surface area contributed by atoms with Gasteiger partial charge in [-0.05, 0) is 37.8 Å². The number of nitrogen functional groups attached to an aromatic ring is 1. The fraction of sp³-hybridized carbons (Fsp3) is 0.364. The maximum absolute atomic E-state index is 5.77. The van der Waals surface area contributed by atoms with Crippen LogP contribution in [0.1, 0.15) is 24.2 Å². The second-order valence-corrected chi connectivity index (χ2v) is 3.90. The van der Waals surface area contributed by atoms with Crippen LogP contribution < -0.4 is 5.73 Å². The molecular formula is C11H13N3. The smallest absolute Gasteiger partial charge is 0.137 e. The molecule has 0 radical (unpaired) electrons. The summed E-state index contributed by atoms with van der Waals surface area (Å²) in [5.41, 5.74) is 10.2. The standard InChI is InChI=1S/C11H13N3/c12-8-5-6-11-13-9-3-1-2-4-10(9)14(11)7-8/h5-7H,1-4,12H2. The molecule has 3 heteroatoms. The van der Waals surface area contributed by atoms with E-state index in [1.54, 1.807) is 0 Å². The molecule has 1 aliphatic carbocycles. The van der Waals surface area contributed by atoms with E-state index in [4.69, 9.17) is 5.73 Å². The number of imidazole rings is 1. The summed E-state index contributed by atoms with van der Waals surface area (Å²) in [5, 5.41) is 0. The Labute approximate surface area is 82.6 Å². The molecule has 0 amide bonds. The number of rotatable bonds is 0. The number of nitrogens with zero attached hydrogens (tertiary/aromatic N) is 2. The Hall–Kier alpha value is -1.51. The number of aromatic nitrogens is 2. The second kappa shape index (κ2) is 2.74. The fourth-order valence-corrected chi connectivity index (χ4v) is 2.21. The number of hydrogen-bond acceptors (Lipinski definition) is 2. The second-order valence-electron chi connectivity index (χ2n) is 3.90. The van der Waals surface area contributed by atoms with Crippen molar-refractivity contribution in [3.8, 4) is 0 Å². The zero-order chi connectivity index (χ0) is 9.54. The van der Waals surface area contributed by atoms with Gasteiger partial charge in [0, 0.05) is 17.6 Å². The monoisotopic (exact) mass is 187 g/mol. The number of anilines is 1. The van der Waals surface area contributed by atoms with Crippen molar-refractivity contribution < 1.29 is 0 Å². The maximum atomic E-state index is 5.77. The molecule has 0 atom stereocenters. The van der Waals surface area contributed by atoms with Crippen LogP contribution in [-0.4, -0.2) is 9.38 Å². The van der Waals surface area contributed by atoms with Crippen LogP contribution in [0.5, 0.6) is 0 Å². The lowest BCUT2D eigenvalue weighted by molar-refractivity contribution is 0.660. The average Bonchev–Trinajstić information content (AvgIpc) is 2.56. The van der Waals surface area contributed by atoms with E-state index < -0.39 is 0 Å². The predicted octanol–water partition coefficient (Wildman–Crippen LogP) is 1.80. The highest BCUT2D eigenvalue weighted by molar-refractivity contribution is 5.50. The molecule has 0 bridgehead atoms. The summed E-state index contributed by atoms with van der Waals surface area (Å²) in [6.07, 6.45) is 6.78. The summed E-state index contributed by atoms with van der Waals surface area (Å²) >= 11 is 0. The van der Waals surface area contributed by atoms with Gasteiger partial charge in [-0.1, -0.05) is 0 Å². The Balaban J connectivity index is 2.32. The van der Waals surface area contributed by atoms with Crippen molar-refractivity contribution in [3.63, 3.8) is 0 Å². The van der Waals surface area contributed by atoms with E-state index in [9.17, 15) is 0 Å². The van der Waals surface area contributed by atoms with Crippen LogP contribution in [0.2, 0.25) is 0 Å². The van der Waals surface area contributed by atoms with Crippen molar-refractivity contribution in [1.82, 2.24) is 9.38 Å². The Morgan fingerprint density at radius 1 is 1.21 bits per heavy atom. The van der Waals surface area contributed by atoms with E-state index in [2.05, 4.69) is 9.38 Å². The highest BCUT2D eigenvalue weighted by Crippen LogP contribution is 2.22. The van der Waals surface area contributed by atoms with Gasteiger partial charge in [-0.15, -0.1) is 0 Å². The van der Waals surface area contributed by atoms with Crippen molar-refractivity contribution in [2.75, 3.05) is 5.73 Å². The lowest BCUT2D eigenvalue weighted by Crippen LogP contribution is -2.03. The van der Waals surface area contributed by atoms with Crippen LogP contribution in [0.25, 0.3) is 5.65 Å². The molecule has 14 heavy (non-hydrogen) atoms. The summed E-state index contributed by atoms with van der Waals surface area (Å²) in [6.45, 7) is 0. The molecule has 2 heterocycles. The number of hydrogen-bond donors (Lipinski definition) is 1. The van der Waals surface area contributed by atoms with Gasteiger partial charge in [-0.25, -0.2) is 4.98 Å². The van der Waals surface area contributed by atoms with Gasteiger partial charge in [0.1, 0.15) is 5.65 Å². The molecular weight excluding hydrogens is 174 g/mol. The third kappa shape index (κ3) is 1.02. The fourth-order valence-electron chi connectivity index (χ4n) is 2.21. The van der Waals surface area contributed by atoms with Gasteiger partial charge in [-0.2, -0.15) is 0 Å². The Kier molecular flexibility index (Phi) is 1.54. The van der Waals surface area contributed by atoms with Crippen LogP contribution in [0.3, 0.4) is 0 Å². The Morgan fingerprint density at radius 3 is 3.00 bits per heavy atom. The minimum absolute atomic E-state index is 0.809. The third-order valence-electron chi connectivity index (χ3n) is 2.90. The summed E-state index contributed by atoms with van der Waals surface area (Å²) in [6, 6.07) is 3.90. The Bertz CT molecular complexity index is 484. The van der Waals surface area contributed by atoms with E-state index in [1.807, 2.05) is 18.3 Å². The molecule has 0 aromatic carbocycles. The van der Waals surface area contributed by atoms with Crippen LogP contribution in [0.4, 0.5) is 5.69 Å². The van der Waals surface area contributed by atoms with Crippen molar-refractivity contribution in [2.45, 2.75) is 25.7 Å². The molecule has 72 valence electrons. The molecule has 2 aromatic heterocycles. The average molecular weight is 187 g/mol. The first-order valence-electron chi connectivity index (χ1n) is 5.10. The number of pyridine rings is 1. The normalized spacial score (nSPS) is 15.7. The van der Waals surface area contributed by atoms with Gasteiger partial charge in [0.25, 0.3) is 0 Å². The van der Waals surface area contributed by atoms with Gasteiger partial charge in [0.15, 0.2) is 0 Å². The van der Waals surface area contributed by atoms with Gasteiger partial charge >= 0.3 is 0 Å². The van der Waals surface area contributed by atoms with Gasteiger partial charge < -0.3 is 10.1 Å². The third-order valence-corrected chi connectivity index (χ3v) is 2.90. The highest BCUT2D eigenvalue weighted by atomic mass is 15.0. The van der Waals surface area contributed by atoms with E-state index in [0.29, 0.717) is 0 Å². The van der Waals surface area contributed by atoms with Crippen LogP contribution in [0.15, 0.2) is 18.3 Å². The van der Waals surface area contributed by atoms with Gasteiger partial charge in [0.05, 0.1) is 5.69 Å². The van der Waals surface area contributed by atoms with Crippen molar-refractivity contribution in [3.05, 3.63) is 29.7 Å². The number of nitrogens with two attached hydrogens (primary N) is 1. The van der Waals surface area contributed by atoms with Crippen molar-refractivity contribution in [2.24, 2.45) is 0 Å². The summed E-state index contributed by atoms with van der Waals surface area (Å²) < 4.78 is 2.14. The van der Waals surface area contributed by atoms with E-state index >= 15 is 0 Å². The molecule has 3 nitrogen and oxygen atoms in total. The first-order chi connectivity index (χ1) is 6.84. The van der Waals surface area contributed by atoms with E-state index in [1.165, 1.54) is 24.2 Å². The summed E-state index contributed by atoms with van der Waals surface area (Å²) in [7, 11) is 0. The molecule has 0 aliphatic heterocycles. The topological polar surface area (TPSA) is 43.3 Å². The summed E-state index contributed by atoms with van der Waals surface area (Å²) in [4.78, 5) is 4.60. The largest absolute Gasteiger partial charge is 0.398 e. The van der Waals surface area contributed by atoms with Crippen molar-refractivity contribution in [1.29, 1.82) is 0 Å². The van der Waals surface area contributed by atoms with Crippen LogP contribution in [-0.2, 0) is 12.8 Å². The highest BCUT2D eigenvalue weighted by Gasteiger charge is 2.15. The number of fused-ring (bicyclic) bond motifs is 3. The molecule has 0 saturated carbocycles. The first-order valence-corrected chi connectivity index (χ1v) is 5.10. The molecule has 0 saturated heterocycles. The zero-order valence-corrected chi connectivity index (χ0v) is 8.03. The molecule has 3 rings (SSSR count). The quantitative estimate of drug-likeness (QED) is 0.683. The van der Waals surface area contributed by atoms with E-state index in [-0.39, 0.29) is 0 Å². The lowest BCUT2D eigenvalue weighted by Gasteiger charge is -2.10. The summed E-state index contributed by atoms with van der Waals surface area (Å²) in [5.74, 6) is 0.